The Hall–Kier alpha value is -2.17. The van der Waals surface area contributed by atoms with Crippen LogP contribution < -0.4 is 5.32 Å². The molecule has 2 aliphatic carbocycles. The minimum Gasteiger partial charge on any atom is -0.481 e. The van der Waals surface area contributed by atoms with Gasteiger partial charge in [-0.15, -0.1) is 0 Å². The summed E-state index contributed by atoms with van der Waals surface area (Å²) in [5, 5.41) is 12.1. The molecule has 0 saturated heterocycles. The van der Waals surface area contributed by atoms with Crippen molar-refractivity contribution in [3.63, 3.8) is 0 Å². The number of allylic oxidation sites excluding steroid dienone is 5. The van der Waals surface area contributed by atoms with E-state index < -0.39 is 17.8 Å². The predicted octanol–water partition coefficient (Wildman–Crippen LogP) is 1.74. The quantitative estimate of drug-likeness (QED) is 0.455. The molecule has 2 aliphatic rings. The van der Waals surface area contributed by atoms with Crippen molar-refractivity contribution in [3.05, 3.63) is 36.2 Å². The summed E-state index contributed by atoms with van der Waals surface area (Å²) in [4.78, 5) is 27.2. The van der Waals surface area contributed by atoms with E-state index in [4.69, 9.17) is 0 Å². The fraction of sp³-hybridized carbons (Fsp3) is 0.400. The zero-order valence-electron chi connectivity index (χ0n) is 11.3. The molecule has 0 radical (unpaired) electrons. The lowest BCUT2D eigenvalue weighted by molar-refractivity contribution is -0.147. The first-order chi connectivity index (χ1) is 9.54. The number of hydrogen-bond donors (Lipinski definition) is 2. The average molecular weight is 274 g/mol. The highest BCUT2D eigenvalue weighted by molar-refractivity contribution is 5.87. The molecule has 0 spiro atoms. The van der Waals surface area contributed by atoms with Gasteiger partial charge in [-0.2, -0.15) is 0 Å². The minimum atomic E-state index is -0.889. The number of hydrogen-bond acceptors (Lipinski definition) is 3. The molecule has 0 heterocycles. The molecule has 0 aromatic heterocycles. The van der Waals surface area contributed by atoms with Gasteiger partial charge in [0, 0.05) is 11.9 Å². The first kappa shape index (κ1) is 14.2. The molecule has 0 aromatic carbocycles. The molecule has 1 amide bonds. The lowest BCUT2D eigenvalue weighted by Crippen LogP contribution is -2.39. The molecule has 0 aliphatic heterocycles. The number of aliphatic carboxylic acids is 1. The summed E-state index contributed by atoms with van der Waals surface area (Å²) in [5.41, 5.74) is 0.658. The maximum atomic E-state index is 12.3. The van der Waals surface area contributed by atoms with Gasteiger partial charge >= 0.3 is 5.97 Å². The second-order valence-corrected chi connectivity index (χ2v) is 5.20. The number of nitrogens with one attached hydrogen (secondary N) is 1. The monoisotopic (exact) mass is 274 g/mol. The maximum absolute atomic E-state index is 12.3. The van der Waals surface area contributed by atoms with Gasteiger partial charge in [0.15, 0.2) is 0 Å². The van der Waals surface area contributed by atoms with Gasteiger partial charge in [-0.3, -0.25) is 14.6 Å². The summed E-state index contributed by atoms with van der Waals surface area (Å²) >= 11 is 0. The van der Waals surface area contributed by atoms with E-state index in [0.717, 1.165) is 6.42 Å². The molecular formula is C15H18N2O3. The molecule has 1 fully saturated rings. The van der Waals surface area contributed by atoms with E-state index in [9.17, 15) is 14.7 Å². The Bertz CT molecular complexity index is 519. The Morgan fingerprint density at radius 1 is 1.35 bits per heavy atom. The Morgan fingerprint density at radius 2 is 2.00 bits per heavy atom. The number of carbonyl (C=O) groups is 2. The number of amides is 1. The summed E-state index contributed by atoms with van der Waals surface area (Å²) < 4.78 is 0. The third-order valence-corrected chi connectivity index (χ3v) is 3.91. The van der Waals surface area contributed by atoms with Gasteiger partial charge in [-0.05, 0) is 44.0 Å². The van der Waals surface area contributed by atoms with Crippen LogP contribution in [0, 0.1) is 23.7 Å². The standard InChI is InChI=1S/C15H18N2O3/c1-9(4-3-7-16-2)17-14(18)12-10-5-6-11(8-10)13(12)15(19)20/h3-7,10-13H,2,8H2,1H3,(H,17,18)(H,19,20)/b7-3-,9-4+/t10-,11+,12+,13+/m1/s1. The van der Waals surface area contributed by atoms with E-state index in [1.807, 2.05) is 12.2 Å². The van der Waals surface area contributed by atoms with Crippen LogP contribution >= 0.6 is 0 Å². The zero-order valence-corrected chi connectivity index (χ0v) is 11.3. The first-order valence-electron chi connectivity index (χ1n) is 6.56. The summed E-state index contributed by atoms with van der Waals surface area (Å²) in [6.45, 7) is 5.06. The van der Waals surface area contributed by atoms with Crippen molar-refractivity contribution < 1.29 is 14.7 Å². The number of fused-ring (bicyclic) bond motifs is 2. The second-order valence-electron chi connectivity index (χ2n) is 5.20. The van der Waals surface area contributed by atoms with E-state index in [0.29, 0.717) is 5.70 Å². The van der Waals surface area contributed by atoms with E-state index >= 15 is 0 Å². The van der Waals surface area contributed by atoms with Crippen molar-refractivity contribution in [1.29, 1.82) is 0 Å². The van der Waals surface area contributed by atoms with Gasteiger partial charge in [0.2, 0.25) is 5.91 Å². The summed E-state index contributed by atoms with van der Waals surface area (Å²) in [6, 6.07) is 0. The van der Waals surface area contributed by atoms with Crippen molar-refractivity contribution in [2.75, 3.05) is 0 Å². The Balaban J connectivity index is 2.07. The Kier molecular flexibility index (Phi) is 4.17. The van der Waals surface area contributed by atoms with Crippen molar-refractivity contribution in [3.8, 4) is 0 Å². The fourth-order valence-electron chi connectivity index (χ4n) is 3.08. The number of carbonyl (C=O) groups excluding carboxylic acids is 1. The van der Waals surface area contributed by atoms with E-state index in [-0.39, 0.29) is 17.7 Å². The lowest BCUT2D eigenvalue weighted by Gasteiger charge is -2.23. The minimum absolute atomic E-state index is 0.0117. The van der Waals surface area contributed by atoms with E-state index in [1.165, 1.54) is 6.20 Å². The number of aliphatic imine (C=N–C) groups is 1. The van der Waals surface area contributed by atoms with Gasteiger partial charge in [0.1, 0.15) is 0 Å². The van der Waals surface area contributed by atoms with Gasteiger partial charge in [-0.1, -0.05) is 12.2 Å². The average Bonchev–Trinajstić information content (AvgIpc) is 2.98. The third kappa shape index (κ3) is 2.71. The summed E-state index contributed by atoms with van der Waals surface area (Å²) in [5.74, 6) is -2.17. The highest BCUT2D eigenvalue weighted by atomic mass is 16.4. The number of nitrogens with zero attached hydrogens (tertiary/aromatic N) is 1. The lowest BCUT2D eigenvalue weighted by atomic mass is 9.82. The van der Waals surface area contributed by atoms with Gasteiger partial charge in [0.25, 0.3) is 0 Å². The van der Waals surface area contributed by atoms with Crippen molar-refractivity contribution in [2.45, 2.75) is 13.3 Å². The SMILES string of the molecule is C=N/C=C\C=C(/C)NC(=O)[C@@H]1[C@@H](C(=O)O)[C@H]2C=C[C@@H]1C2. The van der Waals surface area contributed by atoms with Crippen LogP contribution in [0.2, 0.25) is 0 Å². The molecule has 0 unspecified atom stereocenters. The number of carboxylic acids is 1. The molecule has 4 atom stereocenters. The summed E-state index contributed by atoms with van der Waals surface area (Å²) in [6.07, 6.45) is 9.53. The van der Waals surface area contributed by atoms with Gasteiger partial charge in [0.05, 0.1) is 11.8 Å². The molecule has 1 saturated carbocycles. The summed E-state index contributed by atoms with van der Waals surface area (Å²) in [7, 11) is 0. The van der Waals surface area contributed by atoms with Crippen molar-refractivity contribution >= 4 is 18.6 Å². The van der Waals surface area contributed by atoms with Crippen molar-refractivity contribution in [2.24, 2.45) is 28.7 Å². The molecule has 2 N–H and O–H groups in total. The van der Waals surface area contributed by atoms with Gasteiger partial charge < -0.3 is 10.4 Å². The van der Waals surface area contributed by atoms with E-state index in [2.05, 4.69) is 17.0 Å². The highest BCUT2D eigenvalue weighted by Crippen LogP contribution is 2.48. The number of carboxylic acid groups (broad SMARTS) is 1. The normalized spacial score (nSPS) is 31.8. The van der Waals surface area contributed by atoms with Crippen LogP contribution in [-0.2, 0) is 9.59 Å². The molecule has 2 rings (SSSR count). The molecule has 106 valence electrons. The van der Waals surface area contributed by atoms with Crippen LogP contribution in [0.3, 0.4) is 0 Å². The molecule has 5 nitrogen and oxygen atoms in total. The van der Waals surface area contributed by atoms with Crippen LogP contribution in [0.25, 0.3) is 0 Å². The van der Waals surface area contributed by atoms with Gasteiger partial charge in [-0.25, -0.2) is 0 Å². The third-order valence-electron chi connectivity index (χ3n) is 3.91. The zero-order chi connectivity index (χ0) is 14.7. The molecular weight excluding hydrogens is 256 g/mol. The second kappa shape index (κ2) is 5.86. The maximum Gasteiger partial charge on any atom is 0.307 e. The molecule has 2 bridgehead atoms. The van der Waals surface area contributed by atoms with Crippen molar-refractivity contribution in [1.82, 2.24) is 5.32 Å². The van der Waals surface area contributed by atoms with Crippen LogP contribution in [0.4, 0.5) is 0 Å². The molecule has 5 heteroatoms. The van der Waals surface area contributed by atoms with Crippen LogP contribution in [0.5, 0.6) is 0 Å². The van der Waals surface area contributed by atoms with Crippen LogP contribution in [-0.4, -0.2) is 23.7 Å². The van der Waals surface area contributed by atoms with Crippen LogP contribution in [0.1, 0.15) is 13.3 Å². The highest BCUT2D eigenvalue weighted by Gasteiger charge is 2.51. The largest absolute Gasteiger partial charge is 0.481 e. The fourth-order valence-corrected chi connectivity index (χ4v) is 3.08. The molecule has 0 aromatic rings. The number of rotatable bonds is 5. The van der Waals surface area contributed by atoms with Crippen LogP contribution in [0.15, 0.2) is 41.2 Å². The smallest absolute Gasteiger partial charge is 0.307 e. The first-order valence-corrected chi connectivity index (χ1v) is 6.56. The Labute approximate surface area is 117 Å². The van der Waals surface area contributed by atoms with E-state index in [1.54, 1.807) is 19.1 Å². The Morgan fingerprint density at radius 3 is 2.60 bits per heavy atom. The molecule has 20 heavy (non-hydrogen) atoms. The topological polar surface area (TPSA) is 78.8 Å². The predicted molar refractivity (Wildman–Crippen MR) is 75.9 cm³/mol.